The Balaban J connectivity index is 2.78. The molecule has 1 atom stereocenters. The number of halogens is 1. The van der Waals surface area contributed by atoms with Gasteiger partial charge in [0.25, 0.3) is 0 Å². The number of rotatable bonds is 5. The molecule has 0 radical (unpaired) electrons. The third-order valence-electron chi connectivity index (χ3n) is 2.91. The summed E-state index contributed by atoms with van der Waals surface area (Å²) in [5.74, 6) is 0.562. The lowest BCUT2D eigenvalue weighted by molar-refractivity contribution is 0.449. The Morgan fingerprint density at radius 1 is 1.25 bits per heavy atom. The summed E-state index contributed by atoms with van der Waals surface area (Å²) in [7, 11) is 1.89. The fourth-order valence-electron chi connectivity index (χ4n) is 1.87. The van der Waals surface area contributed by atoms with Crippen LogP contribution in [0.1, 0.15) is 43.9 Å². The molecule has 0 aliphatic carbocycles. The molecule has 2 heteroatoms. The van der Waals surface area contributed by atoms with Gasteiger partial charge in [-0.3, -0.25) is 0 Å². The summed E-state index contributed by atoms with van der Waals surface area (Å²) >= 11 is 0. The standard InChI is InChI=1S/C14H22FN/c1-10(2)5-8-14(16-4)12-7-6-11(3)9-13(12)15/h6-7,9-10,14,16H,5,8H2,1-4H3. The highest BCUT2D eigenvalue weighted by Gasteiger charge is 2.14. The van der Waals surface area contributed by atoms with Crippen LogP contribution < -0.4 is 5.32 Å². The SMILES string of the molecule is CNC(CCC(C)C)c1ccc(C)cc1F. The van der Waals surface area contributed by atoms with Gasteiger partial charge < -0.3 is 5.32 Å². The predicted molar refractivity (Wildman–Crippen MR) is 67.0 cm³/mol. The van der Waals surface area contributed by atoms with Crippen LogP contribution in [0.2, 0.25) is 0 Å². The third-order valence-corrected chi connectivity index (χ3v) is 2.91. The first-order valence-electron chi connectivity index (χ1n) is 5.98. The van der Waals surface area contributed by atoms with E-state index in [9.17, 15) is 4.39 Å². The molecule has 0 saturated carbocycles. The van der Waals surface area contributed by atoms with Crippen molar-refractivity contribution in [3.63, 3.8) is 0 Å². The Hall–Kier alpha value is -0.890. The smallest absolute Gasteiger partial charge is 0.128 e. The van der Waals surface area contributed by atoms with Gasteiger partial charge in [-0.2, -0.15) is 0 Å². The van der Waals surface area contributed by atoms with Gasteiger partial charge in [0.1, 0.15) is 5.82 Å². The highest BCUT2D eigenvalue weighted by Crippen LogP contribution is 2.23. The molecular weight excluding hydrogens is 201 g/mol. The first kappa shape index (κ1) is 13.2. The van der Waals surface area contributed by atoms with Crippen LogP contribution in [-0.2, 0) is 0 Å². The summed E-state index contributed by atoms with van der Waals surface area (Å²) in [5, 5.41) is 3.19. The van der Waals surface area contributed by atoms with Crippen molar-refractivity contribution in [2.75, 3.05) is 7.05 Å². The van der Waals surface area contributed by atoms with Crippen LogP contribution in [0.5, 0.6) is 0 Å². The zero-order chi connectivity index (χ0) is 12.1. The van der Waals surface area contributed by atoms with Crippen LogP contribution in [0, 0.1) is 18.7 Å². The molecule has 1 aromatic rings. The predicted octanol–water partition coefficient (Wildman–Crippen LogP) is 3.83. The molecule has 0 fully saturated rings. The van der Waals surface area contributed by atoms with E-state index < -0.39 is 0 Å². The van der Waals surface area contributed by atoms with Crippen molar-refractivity contribution in [1.29, 1.82) is 0 Å². The fraction of sp³-hybridized carbons (Fsp3) is 0.571. The Morgan fingerprint density at radius 3 is 2.44 bits per heavy atom. The van der Waals surface area contributed by atoms with Crippen LogP contribution in [0.4, 0.5) is 4.39 Å². The van der Waals surface area contributed by atoms with Gasteiger partial charge >= 0.3 is 0 Å². The molecule has 1 aromatic carbocycles. The molecule has 0 saturated heterocycles. The molecule has 1 N–H and O–H groups in total. The average Bonchev–Trinajstić information content (AvgIpc) is 2.21. The van der Waals surface area contributed by atoms with Gasteiger partial charge in [0.15, 0.2) is 0 Å². The maximum Gasteiger partial charge on any atom is 0.128 e. The fourth-order valence-corrected chi connectivity index (χ4v) is 1.87. The van der Waals surface area contributed by atoms with E-state index >= 15 is 0 Å². The van der Waals surface area contributed by atoms with E-state index in [1.54, 1.807) is 6.07 Å². The summed E-state index contributed by atoms with van der Waals surface area (Å²) in [5.41, 5.74) is 1.76. The van der Waals surface area contributed by atoms with Crippen molar-refractivity contribution in [2.24, 2.45) is 5.92 Å². The van der Waals surface area contributed by atoms with Crippen LogP contribution in [0.25, 0.3) is 0 Å². The van der Waals surface area contributed by atoms with E-state index in [0.717, 1.165) is 24.0 Å². The Kier molecular flexibility index (Phi) is 4.94. The van der Waals surface area contributed by atoms with Gasteiger partial charge in [0.05, 0.1) is 0 Å². The molecule has 0 aliphatic heterocycles. The molecule has 0 spiro atoms. The average molecular weight is 223 g/mol. The van der Waals surface area contributed by atoms with Crippen LogP contribution in [0.15, 0.2) is 18.2 Å². The molecule has 90 valence electrons. The van der Waals surface area contributed by atoms with Crippen LogP contribution >= 0.6 is 0 Å². The second kappa shape index (κ2) is 6.00. The number of benzene rings is 1. The second-order valence-electron chi connectivity index (χ2n) is 4.84. The lowest BCUT2D eigenvalue weighted by Gasteiger charge is -2.18. The number of hydrogen-bond acceptors (Lipinski definition) is 1. The number of nitrogens with one attached hydrogen (secondary N) is 1. The lowest BCUT2D eigenvalue weighted by atomic mass is 9.96. The monoisotopic (exact) mass is 223 g/mol. The van der Waals surface area contributed by atoms with Crippen molar-refractivity contribution in [3.8, 4) is 0 Å². The van der Waals surface area contributed by atoms with Crippen LogP contribution in [-0.4, -0.2) is 7.05 Å². The largest absolute Gasteiger partial charge is 0.313 e. The van der Waals surface area contributed by atoms with E-state index in [1.165, 1.54) is 0 Å². The minimum atomic E-state index is -0.0943. The van der Waals surface area contributed by atoms with E-state index in [4.69, 9.17) is 0 Å². The molecule has 0 heterocycles. The van der Waals surface area contributed by atoms with Gasteiger partial charge in [-0.1, -0.05) is 26.0 Å². The minimum Gasteiger partial charge on any atom is -0.313 e. The molecule has 1 rings (SSSR count). The van der Waals surface area contributed by atoms with Gasteiger partial charge in [-0.15, -0.1) is 0 Å². The molecule has 0 bridgehead atoms. The van der Waals surface area contributed by atoms with Crippen molar-refractivity contribution >= 4 is 0 Å². The first-order chi connectivity index (χ1) is 7.54. The zero-order valence-electron chi connectivity index (χ0n) is 10.7. The van der Waals surface area contributed by atoms with Crippen molar-refractivity contribution in [2.45, 2.75) is 39.7 Å². The van der Waals surface area contributed by atoms with E-state index in [0.29, 0.717) is 5.92 Å². The minimum absolute atomic E-state index is 0.0943. The maximum absolute atomic E-state index is 13.8. The maximum atomic E-state index is 13.8. The number of hydrogen-bond donors (Lipinski definition) is 1. The van der Waals surface area contributed by atoms with Crippen molar-refractivity contribution in [1.82, 2.24) is 5.32 Å². The quantitative estimate of drug-likeness (QED) is 0.800. The topological polar surface area (TPSA) is 12.0 Å². The van der Waals surface area contributed by atoms with Gasteiger partial charge in [0.2, 0.25) is 0 Å². The van der Waals surface area contributed by atoms with E-state index in [1.807, 2.05) is 26.1 Å². The Labute approximate surface area is 98.1 Å². The third kappa shape index (κ3) is 3.60. The highest BCUT2D eigenvalue weighted by molar-refractivity contribution is 5.26. The first-order valence-corrected chi connectivity index (χ1v) is 5.98. The van der Waals surface area contributed by atoms with E-state index in [2.05, 4.69) is 19.2 Å². The molecule has 0 aliphatic rings. The Morgan fingerprint density at radius 2 is 1.94 bits per heavy atom. The molecule has 1 unspecified atom stereocenters. The molecule has 0 aromatic heterocycles. The van der Waals surface area contributed by atoms with Crippen LogP contribution in [0.3, 0.4) is 0 Å². The summed E-state index contributed by atoms with van der Waals surface area (Å²) in [6.07, 6.45) is 2.09. The molecule has 0 amide bonds. The summed E-state index contributed by atoms with van der Waals surface area (Å²) in [6.45, 7) is 6.30. The zero-order valence-corrected chi connectivity index (χ0v) is 10.7. The molecule has 1 nitrogen and oxygen atoms in total. The van der Waals surface area contributed by atoms with Gasteiger partial charge in [-0.05, 0) is 44.4 Å². The normalized spacial score (nSPS) is 13.1. The molecule has 16 heavy (non-hydrogen) atoms. The second-order valence-corrected chi connectivity index (χ2v) is 4.84. The van der Waals surface area contributed by atoms with E-state index in [-0.39, 0.29) is 11.9 Å². The Bertz CT molecular complexity index is 334. The summed E-state index contributed by atoms with van der Waals surface area (Å²) < 4.78 is 13.8. The molecular formula is C14H22FN. The number of aryl methyl sites for hydroxylation is 1. The highest BCUT2D eigenvalue weighted by atomic mass is 19.1. The lowest BCUT2D eigenvalue weighted by Crippen LogP contribution is -2.18. The van der Waals surface area contributed by atoms with Gasteiger partial charge in [-0.25, -0.2) is 4.39 Å². The van der Waals surface area contributed by atoms with Crippen molar-refractivity contribution < 1.29 is 4.39 Å². The summed E-state index contributed by atoms with van der Waals surface area (Å²) in [4.78, 5) is 0. The van der Waals surface area contributed by atoms with Crippen molar-refractivity contribution in [3.05, 3.63) is 35.1 Å². The van der Waals surface area contributed by atoms with Gasteiger partial charge in [0, 0.05) is 11.6 Å². The summed E-state index contributed by atoms with van der Waals surface area (Å²) in [6, 6.07) is 5.60.